The molecule has 1 rings (SSSR count). The van der Waals surface area contributed by atoms with E-state index in [0.717, 1.165) is 26.1 Å². The van der Waals surface area contributed by atoms with E-state index in [9.17, 15) is 0 Å². The summed E-state index contributed by atoms with van der Waals surface area (Å²) in [5.74, 6) is 0. The van der Waals surface area contributed by atoms with E-state index in [1.165, 1.54) is 0 Å². The highest BCUT2D eigenvalue weighted by atomic mass is 35.5. The molecule has 1 aromatic rings. The molecule has 0 spiro atoms. The van der Waals surface area contributed by atoms with E-state index in [1.807, 2.05) is 10.9 Å². The molecule has 1 atom stereocenters. The number of hydrogen-bond acceptors (Lipinski definition) is 3. The minimum atomic E-state index is 0.319. The van der Waals surface area contributed by atoms with Crippen LogP contribution in [0.25, 0.3) is 0 Å². The lowest BCUT2D eigenvalue weighted by Gasteiger charge is -2.12. The molecule has 0 amide bonds. The lowest BCUT2D eigenvalue weighted by molar-refractivity contribution is 0.194. The van der Waals surface area contributed by atoms with Crippen LogP contribution in [0.5, 0.6) is 0 Å². The monoisotopic (exact) mass is 231 g/mol. The second-order valence-electron chi connectivity index (χ2n) is 3.54. The minimum absolute atomic E-state index is 0.319. The quantitative estimate of drug-likeness (QED) is 0.727. The van der Waals surface area contributed by atoms with Crippen molar-refractivity contribution >= 4 is 11.6 Å². The number of aromatic nitrogens is 2. The average Bonchev–Trinajstić information content (AvgIpc) is 2.64. The molecule has 0 radical (unpaired) electrons. The van der Waals surface area contributed by atoms with Crippen LogP contribution in [0.1, 0.15) is 19.4 Å². The van der Waals surface area contributed by atoms with E-state index in [0.29, 0.717) is 11.1 Å². The minimum Gasteiger partial charge on any atom is -0.385 e. The summed E-state index contributed by atoms with van der Waals surface area (Å²) in [5.41, 5.74) is 0. The van der Waals surface area contributed by atoms with Crippen LogP contribution in [0.3, 0.4) is 0 Å². The summed E-state index contributed by atoms with van der Waals surface area (Å²) in [6.45, 7) is 4.76. The molecule has 1 heterocycles. The average molecular weight is 232 g/mol. The summed E-state index contributed by atoms with van der Waals surface area (Å²) in [4.78, 5) is 0. The van der Waals surface area contributed by atoms with Crippen LogP contribution in [-0.2, 0) is 4.74 Å². The molecule has 0 aliphatic heterocycles. The smallest absolute Gasteiger partial charge is 0.0785 e. The summed E-state index contributed by atoms with van der Waals surface area (Å²) in [6, 6.07) is 0.319. The molecule has 1 unspecified atom stereocenters. The van der Waals surface area contributed by atoms with Gasteiger partial charge in [-0.1, -0.05) is 11.6 Å². The molecule has 1 aromatic heterocycles. The van der Waals surface area contributed by atoms with Crippen molar-refractivity contribution in [1.29, 1.82) is 0 Å². The maximum absolute atomic E-state index is 5.79. The Hall–Kier alpha value is -0.580. The van der Waals surface area contributed by atoms with Crippen LogP contribution < -0.4 is 5.32 Å². The van der Waals surface area contributed by atoms with Gasteiger partial charge in [0.15, 0.2) is 0 Å². The first-order valence-corrected chi connectivity index (χ1v) is 5.51. The summed E-state index contributed by atoms with van der Waals surface area (Å²) >= 11 is 5.79. The molecule has 4 nitrogen and oxygen atoms in total. The fourth-order valence-corrected chi connectivity index (χ4v) is 1.45. The number of methoxy groups -OCH3 is 1. The van der Waals surface area contributed by atoms with Crippen LogP contribution in [0.2, 0.25) is 5.02 Å². The molecule has 0 aliphatic rings. The summed E-state index contributed by atoms with van der Waals surface area (Å²) in [7, 11) is 1.72. The molecule has 0 saturated heterocycles. The van der Waals surface area contributed by atoms with Crippen molar-refractivity contribution in [3.63, 3.8) is 0 Å². The van der Waals surface area contributed by atoms with Gasteiger partial charge in [0.2, 0.25) is 0 Å². The van der Waals surface area contributed by atoms with Crippen LogP contribution in [0.4, 0.5) is 0 Å². The molecule has 0 fully saturated rings. The van der Waals surface area contributed by atoms with Gasteiger partial charge in [-0.15, -0.1) is 0 Å². The predicted molar refractivity (Wildman–Crippen MR) is 61.3 cm³/mol. The highest BCUT2D eigenvalue weighted by Gasteiger charge is 2.04. The lowest BCUT2D eigenvalue weighted by Crippen LogP contribution is -2.25. The standard InChI is InChI=1S/C10H18ClN3O/c1-9(6-12-4-3-5-15-2)14-8-10(11)7-13-14/h7-9,12H,3-6H2,1-2H3. The fourth-order valence-electron chi connectivity index (χ4n) is 1.30. The third kappa shape index (κ3) is 4.64. The first kappa shape index (κ1) is 12.5. The van der Waals surface area contributed by atoms with Crippen LogP contribution in [0, 0.1) is 0 Å². The molecule has 5 heteroatoms. The van der Waals surface area contributed by atoms with Crippen molar-refractivity contribution in [3.8, 4) is 0 Å². The highest BCUT2D eigenvalue weighted by molar-refractivity contribution is 6.30. The Morgan fingerprint density at radius 1 is 1.67 bits per heavy atom. The zero-order valence-electron chi connectivity index (χ0n) is 9.24. The molecule has 1 N–H and O–H groups in total. The van der Waals surface area contributed by atoms with Gasteiger partial charge in [-0.3, -0.25) is 4.68 Å². The number of nitrogens with one attached hydrogen (secondary N) is 1. The van der Waals surface area contributed by atoms with Crippen molar-refractivity contribution in [3.05, 3.63) is 17.4 Å². The van der Waals surface area contributed by atoms with E-state index in [4.69, 9.17) is 16.3 Å². The van der Waals surface area contributed by atoms with Gasteiger partial charge in [0, 0.05) is 26.5 Å². The maximum atomic E-state index is 5.79. The molecule has 0 saturated carbocycles. The van der Waals surface area contributed by atoms with Crippen LogP contribution >= 0.6 is 11.6 Å². The second-order valence-corrected chi connectivity index (χ2v) is 3.97. The van der Waals surface area contributed by atoms with Gasteiger partial charge >= 0.3 is 0 Å². The summed E-state index contributed by atoms with van der Waals surface area (Å²) in [6.07, 6.45) is 4.52. The normalized spacial score (nSPS) is 13.0. The van der Waals surface area contributed by atoms with Gasteiger partial charge in [0.1, 0.15) is 0 Å². The van der Waals surface area contributed by atoms with E-state index in [2.05, 4.69) is 17.3 Å². The summed E-state index contributed by atoms with van der Waals surface area (Å²) in [5, 5.41) is 8.18. The topological polar surface area (TPSA) is 39.1 Å². The molecular weight excluding hydrogens is 214 g/mol. The zero-order chi connectivity index (χ0) is 11.1. The highest BCUT2D eigenvalue weighted by Crippen LogP contribution is 2.09. The molecule has 86 valence electrons. The Labute approximate surface area is 95.6 Å². The maximum Gasteiger partial charge on any atom is 0.0785 e. The predicted octanol–water partition coefficient (Wildman–Crippen LogP) is 1.72. The van der Waals surface area contributed by atoms with Crippen molar-refractivity contribution in [2.75, 3.05) is 26.8 Å². The Kier molecular flexibility index (Phi) is 5.68. The van der Waals surface area contributed by atoms with Crippen LogP contribution in [-0.4, -0.2) is 36.6 Å². The zero-order valence-corrected chi connectivity index (χ0v) is 10.00. The molecule has 0 aromatic carbocycles. The van der Waals surface area contributed by atoms with Crippen molar-refractivity contribution in [2.24, 2.45) is 0 Å². The van der Waals surface area contributed by atoms with Crippen molar-refractivity contribution in [1.82, 2.24) is 15.1 Å². The Morgan fingerprint density at radius 2 is 2.47 bits per heavy atom. The number of hydrogen-bond donors (Lipinski definition) is 1. The largest absolute Gasteiger partial charge is 0.385 e. The van der Waals surface area contributed by atoms with Gasteiger partial charge in [-0.2, -0.15) is 5.10 Å². The van der Waals surface area contributed by atoms with Crippen LogP contribution in [0.15, 0.2) is 12.4 Å². The van der Waals surface area contributed by atoms with E-state index in [1.54, 1.807) is 13.3 Å². The van der Waals surface area contributed by atoms with Gasteiger partial charge in [-0.25, -0.2) is 0 Å². The first-order valence-electron chi connectivity index (χ1n) is 5.13. The number of nitrogens with zero attached hydrogens (tertiary/aromatic N) is 2. The molecular formula is C10H18ClN3O. The van der Waals surface area contributed by atoms with E-state index >= 15 is 0 Å². The Bertz CT molecular complexity index is 277. The number of ether oxygens (including phenoxy) is 1. The van der Waals surface area contributed by atoms with Crippen molar-refractivity contribution in [2.45, 2.75) is 19.4 Å². The lowest BCUT2D eigenvalue weighted by atomic mass is 10.3. The van der Waals surface area contributed by atoms with Gasteiger partial charge in [0.25, 0.3) is 0 Å². The Morgan fingerprint density at radius 3 is 3.07 bits per heavy atom. The third-order valence-electron chi connectivity index (χ3n) is 2.16. The number of halogens is 1. The third-order valence-corrected chi connectivity index (χ3v) is 2.36. The van der Waals surface area contributed by atoms with E-state index < -0.39 is 0 Å². The van der Waals surface area contributed by atoms with Gasteiger partial charge in [-0.05, 0) is 19.9 Å². The first-order chi connectivity index (χ1) is 7.24. The molecule has 0 aliphatic carbocycles. The van der Waals surface area contributed by atoms with Gasteiger partial charge < -0.3 is 10.1 Å². The Balaban J connectivity index is 2.16. The fraction of sp³-hybridized carbons (Fsp3) is 0.700. The number of rotatable bonds is 7. The molecule has 0 bridgehead atoms. The SMILES string of the molecule is COCCCNCC(C)n1cc(Cl)cn1. The van der Waals surface area contributed by atoms with E-state index in [-0.39, 0.29) is 0 Å². The molecule has 15 heavy (non-hydrogen) atoms. The summed E-state index contributed by atoms with van der Waals surface area (Å²) < 4.78 is 6.83. The van der Waals surface area contributed by atoms with Gasteiger partial charge in [0.05, 0.1) is 17.3 Å². The van der Waals surface area contributed by atoms with Crippen molar-refractivity contribution < 1.29 is 4.74 Å². The second kappa shape index (κ2) is 6.82.